The molecular weight excluding hydrogens is 405 g/mol. The lowest BCUT2D eigenvalue weighted by Crippen LogP contribution is -2.38. The second-order valence-corrected chi connectivity index (χ2v) is 9.81. The molecule has 4 aromatic carbocycles. The number of hydrogen-bond acceptors (Lipinski definition) is 4. The lowest BCUT2D eigenvalue weighted by molar-refractivity contribution is 0.318. The summed E-state index contributed by atoms with van der Waals surface area (Å²) in [7, 11) is -1.91. The highest BCUT2D eigenvalue weighted by molar-refractivity contribution is 8.01. The lowest BCUT2D eigenvalue weighted by Gasteiger charge is -2.27. The fraction of sp³-hybridized carbons (Fsp3) is 0.0769. The summed E-state index contributed by atoms with van der Waals surface area (Å²) in [6.07, 6.45) is 0. The maximum atomic E-state index is 8.00. The molecule has 0 saturated carbocycles. The van der Waals surface area contributed by atoms with Crippen molar-refractivity contribution in [3.63, 3.8) is 0 Å². The average molecular weight is 431 g/mol. The summed E-state index contributed by atoms with van der Waals surface area (Å²) >= 11 is 0. The molecule has 4 nitrogen and oxygen atoms in total. The van der Waals surface area contributed by atoms with Crippen LogP contribution in [0.25, 0.3) is 0 Å². The van der Waals surface area contributed by atoms with E-state index < -0.39 is 7.26 Å². The van der Waals surface area contributed by atoms with Crippen molar-refractivity contribution in [2.45, 2.75) is 6.92 Å². The second kappa shape index (κ2) is 13.1. The van der Waals surface area contributed by atoms with E-state index in [1.165, 1.54) is 21.2 Å². The van der Waals surface area contributed by atoms with Gasteiger partial charge in [-0.15, -0.1) is 5.34 Å². The third kappa shape index (κ3) is 5.85. The Hall–Kier alpha value is -3.33. The summed E-state index contributed by atoms with van der Waals surface area (Å²) in [4.78, 5) is 8.00. The quantitative estimate of drug-likeness (QED) is 0.293. The monoisotopic (exact) mass is 431 g/mol. The predicted octanol–water partition coefficient (Wildman–Crippen LogP) is 4.56. The molecule has 4 aromatic rings. The molecule has 0 radical (unpaired) electrons. The highest BCUT2D eigenvalue weighted by Crippen LogP contribution is 2.53. The highest BCUT2D eigenvalue weighted by atomic mass is 31.2. The zero-order valence-corrected chi connectivity index (χ0v) is 18.3. The van der Waals surface area contributed by atoms with Crippen molar-refractivity contribution in [3.05, 3.63) is 131 Å². The van der Waals surface area contributed by atoms with E-state index >= 15 is 0 Å². The van der Waals surface area contributed by atoms with E-state index in [0.29, 0.717) is 0 Å². The van der Waals surface area contributed by atoms with Crippen LogP contribution in [-0.4, -0.2) is 11.7 Å². The molecule has 0 heterocycles. The summed E-state index contributed by atoms with van der Waals surface area (Å²) in [5.74, 6) is 0. The van der Waals surface area contributed by atoms with Crippen LogP contribution in [-0.2, 0) is 0 Å². The molecule has 1 N–H and O–H groups in total. The van der Waals surface area contributed by atoms with Crippen LogP contribution < -0.4 is 21.2 Å². The van der Waals surface area contributed by atoms with Crippen molar-refractivity contribution in [1.29, 1.82) is 0 Å². The van der Waals surface area contributed by atoms with Gasteiger partial charge in [0.2, 0.25) is 0 Å². The number of hydrogen-bond donors (Lipinski definition) is 1. The van der Waals surface area contributed by atoms with Crippen LogP contribution in [0.2, 0.25) is 0 Å². The normalized spacial score (nSPS) is 10.0. The third-order valence-corrected chi connectivity index (χ3v) is 8.86. The van der Waals surface area contributed by atoms with Crippen molar-refractivity contribution >= 4 is 28.5 Å². The topological polar surface area (TPSA) is 72.7 Å². The van der Waals surface area contributed by atoms with Crippen molar-refractivity contribution in [1.82, 2.24) is 0 Å². The minimum atomic E-state index is -1.91. The molecule has 31 heavy (non-hydrogen) atoms. The molecule has 0 aromatic heterocycles. The maximum Gasteiger partial charge on any atom is 0.144 e. The Kier molecular flexibility index (Phi) is 10.1. The first-order valence-electron chi connectivity index (χ1n) is 9.93. The Morgan fingerprint density at radius 3 is 0.935 bits per heavy atom. The van der Waals surface area contributed by atoms with Crippen LogP contribution in [0, 0.1) is 10.1 Å². The van der Waals surface area contributed by atoms with Gasteiger partial charge in [-0.2, -0.15) is 0 Å². The van der Waals surface area contributed by atoms with Gasteiger partial charge in [0.15, 0.2) is 0 Å². The molecule has 0 aliphatic carbocycles. The third-order valence-electron chi connectivity index (χ3n) is 4.57. The van der Waals surface area contributed by atoms with Gasteiger partial charge in [0.05, 0.1) is 0 Å². The zero-order valence-electron chi connectivity index (χ0n) is 17.4. The molecule has 0 saturated heterocycles. The van der Waals surface area contributed by atoms with Crippen molar-refractivity contribution in [2.75, 3.05) is 6.61 Å². The van der Waals surface area contributed by atoms with Crippen LogP contribution in [0.3, 0.4) is 0 Å². The van der Waals surface area contributed by atoms with Gasteiger partial charge in [-0.3, -0.25) is 0 Å². The molecule has 4 rings (SSSR count). The first-order valence-corrected chi connectivity index (χ1v) is 11.7. The fourth-order valence-corrected chi connectivity index (χ4v) is 7.77. The Balaban J connectivity index is 0.000000513. The van der Waals surface area contributed by atoms with Crippen LogP contribution in [0.5, 0.6) is 0 Å². The molecule has 0 aliphatic heterocycles. The van der Waals surface area contributed by atoms with Gasteiger partial charge in [-0.1, -0.05) is 72.8 Å². The standard InChI is InChI=1S/C24H20P.C2H6O.HNO2/c1-5-13-21(14-6-1)25(22-15-7-2-8-16-22,23-17-9-3-10-18-23)24-19-11-4-12-20-24;1-2-3;2-1-3/h1-20H;3H,2H2,1H3;(H,2,3)/q+1;;/p-1. The van der Waals surface area contributed by atoms with Crippen LogP contribution in [0.1, 0.15) is 6.92 Å². The van der Waals surface area contributed by atoms with Gasteiger partial charge in [0, 0.05) is 6.61 Å². The van der Waals surface area contributed by atoms with E-state index in [9.17, 15) is 0 Å². The van der Waals surface area contributed by atoms with Gasteiger partial charge in [0.25, 0.3) is 0 Å². The smallest absolute Gasteiger partial charge is 0.144 e. The first-order chi connectivity index (χ1) is 15.2. The van der Waals surface area contributed by atoms with Crippen molar-refractivity contribution in [3.8, 4) is 0 Å². The first kappa shape index (κ1) is 23.9. The summed E-state index contributed by atoms with van der Waals surface area (Å²) < 4.78 is 0. The average Bonchev–Trinajstić information content (AvgIpc) is 2.84. The Labute approximate surface area is 184 Å². The van der Waals surface area contributed by atoms with Gasteiger partial charge in [-0.25, -0.2) is 0 Å². The fourth-order valence-electron chi connectivity index (χ4n) is 3.50. The SMILES string of the molecule is CCO.O=N[O-].c1ccc([P+](c2ccccc2)(c2ccccc2)c2ccccc2)cc1. The number of benzene rings is 4. The highest BCUT2D eigenvalue weighted by Gasteiger charge is 2.47. The van der Waals surface area contributed by atoms with Gasteiger partial charge >= 0.3 is 0 Å². The molecule has 0 fully saturated rings. The minimum Gasteiger partial charge on any atom is -0.444 e. The van der Waals surface area contributed by atoms with E-state index in [2.05, 4.69) is 121 Å². The number of nitrogens with zero attached hydrogens (tertiary/aromatic N) is 1. The summed E-state index contributed by atoms with van der Waals surface area (Å²) in [6, 6.07) is 43.8. The Morgan fingerprint density at radius 1 is 0.613 bits per heavy atom. The van der Waals surface area contributed by atoms with Crippen LogP contribution in [0.15, 0.2) is 127 Å². The molecule has 0 bridgehead atoms. The van der Waals surface area contributed by atoms with E-state index in [-0.39, 0.29) is 6.61 Å². The predicted molar refractivity (Wildman–Crippen MR) is 133 cm³/mol. The lowest BCUT2D eigenvalue weighted by atomic mass is 10.3. The van der Waals surface area contributed by atoms with Crippen molar-refractivity contribution in [2.24, 2.45) is 5.34 Å². The number of aliphatic hydroxyl groups excluding tert-OH is 1. The van der Waals surface area contributed by atoms with E-state index in [0.717, 1.165) is 5.34 Å². The molecular formula is C26H26NO3P. The van der Waals surface area contributed by atoms with E-state index in [4.69, 9.17) is 15.2 Å². The van der Waals surface area contributed by atoms with E-state index in [1.807, 2.05) is 0 Å². The maximum absolute atomic E-state index is 8.00. The summed E-state index contributed by atoms with van der Waals surface area (Å²) in [6.45, 7) is 1.93. The molecule has 0 spiro atoms. The van der Waals surface area contributed by atoms with Gasteiger partial charge < -0.3 is 15.2 Å². The molecule has 0 amide bonds. The number of aliphatic hydroxyl groups is 1. The Morgan fingerprint density at radius 2 is 0.774 bits per heavy atom. The van der Waals surface area contributed by atoms with Crippen molar-refractivity contribution < 1.29 is 5.11 Å². The Bertz CT molecular complexity index is 834. The molecule has 158 valence electrons. The minimum absolute atomic E-state index is 0.250. The molecule has 0 atom stereocenters. The zero-order chi connectivity index (χ0) is 22.4. The molecule has 0 unspecified atom stereocenters. The van der Waals surface area contributed by atoms with Gasteiger partial charge in [-0.05, 0) is 55.5 Å². The molecule has 5 heteroatoms. The van der Waals surface area contributed by atoms with Crippen LogP contribution in [0.4, 0.5) is 0 Å². The summed E-state index contributed by atoms with van der Waals surface area (Å²) in [5.41, 5.74) is 0. The largest absolute Gasteiger partial charge is 0.444 e. The van der Waals surface area contributed by atoms with Gasteiger partial charge in [0.1, 0.15) is 28.5 Å². The van der Waals surface area contributed by atoms with Crippen LogP contribution >= 0.6 is 7.26 Å². The summed E-state index contributed by atoms with van der Waals surface area (Å²) in [5, 5.41) is 22.1. The number of rotatable bonds is 4. The van der Waals surface area contributed by atoms with E-state index in [1.54, 1.807) is 6.92 Å². The molecule has 0 aliphatic rings. The second-order valence-electron chi connectivity index (χ2n) is 6.40.